The predicted molar refractivity (Wildman–Crippen MR) is 92.3 cm³/mol. The average Bonchev–Trinajstić information content (AvgIpc) is 2.58. The van der Waals surface area contributed by atoms with E-state index in [-0.39, 0.29) is 24.6 Å². The number of amides is 2. The Balaban J connectivity index is 1.77. The van der Waals surface area contributed by atoms with Crippen molar-refractivity contribution in [1.82, 2.24) is 15.5 Å². The summed E-state index contributed by atoms with van der Waals surface area (Å²) in [4.78, 5) is 14.3. The molecular formula is C18H29N3O2. The minimum absolute atomic E-state index is 0.0443. The molecule has 3 atom stereocenters. The smallest absolute Gasteiger partial charge is 0.315 e. The first-order valence-electron chi connectivity index (χ1n) is 8.47. The lowest BCUT2D eigenvalue weighted by atomic mass is 9.99. The third-order valence-corrected chi connectivity index (χ3v) is 4.84. The molecule has 128 valence electrons. The van der Waals surface area contributed by atoms with Crippen LogP contribution in [0.5, 0.6) is 0 Å². The molecule has 0 saturated heterocycles. The van der Waals surface area contributed by atoms with E-state index in [2.05, 4.69) is 46.7 Å². The van der Waals surface area contributed by atoms with Crippen molar-refractivity contribution in [3.63, 3.8) is 0 Å². The third-order valence-electron chi connectivity index (χ3n) is 4.84. The second-order valence-corrected chi connectivity index (χ2v) is 6.64. The van der Waals surface area contributed by atoms with Crippen LogP contribution in [0.4, 0.5) is 4.79 Å². The van der Waals surface area contributed by atoms with E-state index < -0.39 is 0 Å². The topological polar surface area (TPSA) is 64.6 Å². The first-order chi connectivity index (χ1) is 11.0. The number of hydrogen-bond donors (Lipinski definition) is 3. The number of aliphatic hydroxyl groups is 1. The van der Waals surface area contributed by atoms with Crippen molar-refractivity contribution in [2.75, 3.05) is 19.7 Å². The zero-order valence-electron chi connectivity index (χ0n) is 14.4. The molecule has 0 aromatic heterocycles. The third kappa shape index (κ3) is 4.94. The molecule has 0 aliphatic carbocycles. The molecule has 1 aliphatic rings. The molecular weight excluding hydrogens is 290 g/mol. The van der Waals surface area contributed by atoms with Gasteiger partial charge in [-0.2, -0.15) is 0 Å². The fourth-order valence-corrected chi connectivity index (χ4v) is 2.82. The van der Waals surface area contributed by atoms with E-state index in [9.17, 15) is 4.79 Å². The van der Waals surface area contributed by atoms with Crippen molar-refractivity contribution in [2.24, 2.45) is 5.92 Å². The summed E-state index contributed by atoms with van der Waals surface area (Å²) < 4.78 is 0. The SMILES string of the molecule is C[C@H](CO)[C@H](C)NC(=O)NC[C@H](C)N1CCc2ccccc2C1. The Bertz CT molecular complexity index is 521. The summed E-state index contributed by atoms with van der Waals surface area (Å²) in [6, 6.07) is 8.65. The van der Waals surface area contributed by atoms with Crippen LogP contribution in [0.15, 0.2) is 24.3 Å². The Hall–Kier alpha value is -1.59. The summed E-state index contributed by atoms with van der Waals surface area (Å²) in [7, 11) is 0. The summed E-state index contributed by atoms with van der Waals surface area (Å²) in [5.41, 5.74) is 2.83. The zero-order chi connectivity index (χ0) is 16.8. The van der Waals surface area contributed by atoms with E-state index >= 15 is 0 Å². The summed E-state index contributed by atoms with van der Waals surface area (Å²) in [6.45, 7) is 8.63. The highest BCUT2D eigenvalue weighted by Gasteiger charge is 2.21. The summed E-state index contributed by atoms with van der Waals surface area (Å²) in [6.07, 6.45) is 1.07. The Labute approximate surface area is 139 Å². The van der Waals surface area contributed by atoms with Crippen LogP contribution >= 0.6 is 0 Å². The zero-order valence-corrected chi connectivity index (χ0v) is 14.4. The summed E-state index contributed by atoms with van der Waals surface area (Å²) in [5, 5.41) is 14.9. The number of aliphatic hydroxyl groups excluding tert-OH is 1. The molecule has 2 rings (SSSR count). The molecule has 5 nitrogen and oxygen atoms in total. The number of rotatable bonds is 6. The molecule has 0 spiro atoms. The van der Waals surface area contributed by atoms with Gasteiger partial charge in [-0.15, -0.1) is 0 Å². The first kappa shape index (κ1) is 17.8. The van der Waals surface area contributed by atoms with Crippen LogP contribution < -0.4 is 10.6 Å². The molecule has 1 aromatic rings. The molecule has 1 aromatic carbocycles. The van der Waals surface area contributed by atoms with E-state index in [0.29, 0.717) is 12.6 Å². The fourth-order valence-electron chi connectivity index (χ4n) is 2.82. The van der Waals surface area contributed by atoms with Crippen LogP contribution in [-0.4, -0.2) is 47.8 Å². The molecule has 0 saturated carbocycles. The van der Waals surface area contributed by atoms with Gasteiger partial charge in [0.2, 0.25) is 0 Å². The number of carbonyl (C=O) groups is 1. The number of nitrogens with zero attached hydrogens (tertiary/aromatic N) is 1. The largest absolute Gasteiger partial charge is 0.396 e. The summed E-state index contributed by atoms with van der Waals surface area (Å²) in [5.74, 6) is 0.0526. The maximum Gasteiger partial charge on any atom is 0.315 e. The van der Waals surface area contributed by atoms with Crippen molar-refractivity contribution < 1.29 is 9.90 Å². The van der Waals surface area contributed by atoms with Crippen molar-refractivity contribution in [2.45, 2.75) is 45.8 Å². The van der Waals surface area contributed by atoms with Gasteiger partial charge in [0.05, 0.1) is 0 Å². The van der Waals surface area contributed by atoms with Crippen LogP contribution in [0.2, 0.25) is 0 Å². The standard InChI is InChI=1S/C18H29N3O2/c1-13(12-22)15(3)20-18(23)19-10-14(2)21-9-8-16-6-4-5-7-17(16)11-21/h4-7,13-15,22H,8-12H2,1-3H3,(H2,19,20,23)/t13-,14+,15+/m1/s1. The van der Waals surface area contributed by atoms with E-state index in [0.717, 1.165) is 19.5 Å². The quantitative estimate of drug-likeness (QED) is 0.748. The normalized spacial score (nSPS) is 18.6. The highest BCUT2D eigenvalue weighted by molar-refractivity contribution is 5.74. The molecule has 5 heteroatoms. The Morgan fingerprint density at radius 3 is 2.65 bits per heavy atom. The monoisotopic (exact) mass is 319 g/mol. The maximum atomic E-state index is 11.9. The van der Waals surface area contributed by atoms with E-state index in [4.69, 9.17) is 5.11 Å². The molecule has 0 bridgehead atoms. The molecule has 3 N–H and O–H groups in total. The minimum Gasteiger partial charge on any atom is -0.396 e. The molecule has 2 amide bonds. The molecule has 0 radical (unpaired) electrons. The molecule has 1 heterocycles. The first-order valence-corrected chi connectivity index (χ1v) is 8.47. The predicted octanol–water partition coefficient (Wildman–Crippen LogP) is 1.75. The number of hydrogen-bond acceptors (Lipinski definition) is 3. The highest BCUT2D eigenvalue weighted by Crippen LogP contribution is 2.19. The number of urea groups is 1. The Kier molecular flexibility index (Phi) is 6.42. The number of carbonyl (C=O) groups excluding carboxylic acids is 1. The van der Waals surface area contributed by atoms with Crippen LogP contribution in [0, 0.1) is 5.92 Å². The van der Waals surface area contributed by atoms with Crippen LogP contribution in [-0.2, 0) is 13.0 Å². The second-order valence-electron chi connectivity index (χ2n) is 6.64. The van der Waals surface area contributed by atoms with Crippen LogP contribution in [0.25, 0.3) is 0 Å². The number of benzene rings is 1. The van der Waals surface area contributed by atoms with Crippen molar-refractivity contribution in [3.05, 3.63) is 35.4 Å². The van der Waals surface area contributed by atoms with Crippen LogP contribution in [0.1, 0.15) is 31.9 Å². The number of nitrogens with one attached hydrogen (secondary N) is 2. The fraction of sp³-hybridized carbons (Fsp3) is 0.611. The lowest BCUT2D eigenvalue weighted by molar-refractivity contribution is 0.180. The second kappa shape index (κ2) is 8.31. The molecule has 23 heavy (non-hydrogen) atoms. The number of fused-ring (bicyclic) bond motifs is 1. The Morgan fingerprint density at radius 1 is 1.26 bits per heavy atom. The van der Waals surface area contributed by atoms with Gasteiger partial charge in [-0.25, -0.2) is 4.79 Å². The van der Waals surface area contributed by atoms with Gasteiger partial charge in [0.1, 0.15) is 0 Å². The van der Waals surface area contributed by atoms with Gasteiger partial charge in [-0.05, 0) is 37.3 Å². The van der Waals surface area contributed by atoms with Gasteiger partial charge in [-0.3, -0.25) is 4.90 Å². The van der Waals surface area contributed by atoms with Crippen molar-refractivity contribution in [1.29, 1.82) is 0 Å². The lowest BCUT2D eigenvalue weighted by Gasteiger charge is -2.34. The van der Waals surface area contributed by atoms with Gasteiger partial charge in [0, 0.05) is 38.3 Å². The molecule has 1 aliphatic heterocycles. The van der Waals surface area contributed by atoms with E-state index in [1.165, 1.54) is 11.1 Å². The average molecular weight is 319 g/mol. The van der Waals surface area contributed by atoms with Gasteiger partial charge < -0.3 is 15.7 Å². The van der Waals surface area contributed by atoms with Gasteiger partial charge in [-0.1, -0.05) is 31.2 Å². The minimum atomic E-state index is -0.165. The highest BCUT2D eigenvalue weighted by atomic mass is 16.3. The van der Waals surface area contributed by atoms with Crippen molar-refractivity contribution in [3.8, 4) is 0 Å². The van der Waals surface area contributed by atoms with Crippen molar-refractivity contribution >= 4 is 6.03 Å². The lowest BCUT2D eigenvalue weighted by Crippen LogP contribution is -2.49. The maximum absolute atomic E-state index is 11.9. The van der Waals surface area contributed by atoms with E-state index in [1.54, 1.807) is 0 Å². The van der Waals surface area contributed by atoms with Gasteiger partial charge >= 0.3 is 6.03 Å². The summed E-state index contributed by atoms with van der Waals surface area (Å²) >= 11 is 0. The molecule has 0 fully saturated rings. The Morgan fingerprint density at radius 2 is 1.96 bits per heavy atom. The van der Waals surface area contributed by atoms with E-state index in [1.807, 2.05) is 13.8 Å². The molecule has 0 unspecified atom stereocenters. The van der Waals surface area contributed by atoms with Crippen LogP contribution in [0.3, 0.4) is 0 Å². The van der Waals surface area contributed by atoms with Gasteiger partial charge in [0.25, 0.3) is 0 Å². The van der Waals surface area contributed by atoms with Gasteiger partial charge in [0.15, 0.2) is 0 Å².